The van der Waals surface area contributed by atoms with Gasteiger partial charge in [-0.2, -0.15) is 0 Å². The van der Waals surface area contributed by atoms with Crippen molar-refractivity contribution in [2.75, 3.05) is 7.11 Å². The Kier molecular flexibility index (Phi) is 5.98. The first-order chi connectivity index (χ1) is 8.19. The Bertz CT molecular complexity index is 339. The lowest BCUT2D eigenvalue weighted by Gasteiger charge is -2.12. The highest BCUT2D eigenvalue weighted by molar-refractivity contribution is 5.31. The van der Waals surface area contributed by atoms with Gasteiger partial charge in [-0.25, -0.2) is 4.39 Å². The van der Waals surface area contributed by atoms with E-state index in [1.165, 1.54) is 26.0 Å². The summed E-state index contributed by atoms with van der Waals surface area (Å²) >= 11 is 0. The minimum Gasteiger partial charge on any atom is -0.494 e. The summed E-state index contributed by atoms with van der Waals surface area (Å²) in [5.41, 5.74) is 0.722. The molecule has 2 nitrogen and oxygen atoms in total. The Balaban J connectivity index is 2.53. The van der Waals surface area contributed by atoms with E-state index in [-0.39, 0.29) is 5.75 Å². The highest BCUT2D eigenvalue weighted by Gasteiger charge is 2.10. The maximum absolute atomic E-state index is 13.2. The van der Waals surface area contributed by atoms with Crippen LogP contribution in [0.2, 0.25) is 0 Å². The van der Waals surface area contributed by atoms with Gasteiger partial charge >= 0.3 is 0 Å². The fourth-order valence-corrected chi connectivity index (χ4v) is 1.81. The minimum atomic E-state index is -0.527. The molecular weight excluding hydrogens is 219 g/mol. The monoisotopic (exact) mass is 240 g/mol. The van der Waals surface area contributed by atoms with E-state index < -0.39 is 11.9 Å². The lowest BCUT2D eigenvalue weighted by molar-refractivity contribution is 0.163. The Labute approximate surface area is 102 Å². The predicted octanol–water partition coefficient (Wildman–Crippen LogP) is 3.84. The van der Waals surface area contributed by atoms with Gasteiger partial charge in [0.25, 0.3) is 0 Å². The predicted molar refractivity (Wildman–Crippen MR) is 66.7 cm³/mol. The third-order valence-corrected chi connectivity index (χ3v) is 2.89. The second-order valence-corrected chi connectivity index (χ2v) is 4.26. The Morgan fingerprint density at radius 2 is 2.06 bits per heavy atom. The summed E-state index contributed by atoms with van der Waals surface area (Å²) in [5.74, 6) is -0.204. The summed E-state index contributed by atoms with van der Waals surface area (Å²) in [4.78, 5) is 0. The molecule has 0 aliphatic heterocycles. The fraction of sp³-hybridized carbons (Fsp3) is 0.571. The Morgan fingerprint density at radius 1 is 1.29 bits per heavy atom. The maximum atomic E-state index is 13.2. The molecular formula is C14H21FO2. The van der Waals surface area contributed by atoms with Crippen LogP contribution in [0.1, 0.15) is 50.7 Å². The largest absolute Gasteiger partial charge is 0.494 e. The molecule has 0 fully saturated rings. The van der Waals surface area contributed by atoms with Crippen LogP contribution in [0.15, 0.2) is 18.2 Å². The Hall–Kier alpha value is -1.09. The van der Waals surface area contributed by atoms with Gasteiger partial charge in [-0.3, -0.25) is 0 Å². The number of aliphatic hydroxyl groups excluding tert-OH is 1. The lowest BCUT2D eigenvalue weighted by atomic mass is 10.0. The molecule has 0 aliphatic rings. The number of rotatable bonds is 7. The molecule has 1 N–H and O–H groups in total. The first-order valence-corrected chi connectivity index (χ1v) is 6.20. The van der Waals surface area contributed by atoms with E-state index in [1.54, 1.807) is 12.1 Å². The van der Waals surface area contributed by atoms with Crippen LogP contribution < -0.4 is 4.74 Å². The van der Waals surface area contributed by atoms with Gasteiger partial charge in [0.05, 0.1) is 13.2 Å². The molecule has 0 heterocycles. The third kappa shape index (κ3) is 4.35. The number of halogens is 1. The molecule has 0 aliphatic carbocycles. The van der Waals surface area contributed by atoms with Gasteiger partial charge in [0.2, 0.25) is 0 Å². The van der Waals surface area contributed by atoms with Crippen LogP contribution in [-0.4, -0.2) is 12.2 Å². The van der Waals surface area contributed by atoms with Gasteiger partial charge in [-0.1, -0.05) is 38.7 Å². The average Bonchev–Trinajstić information content (AvgIpc) is 2.35. The number of methoxy groups -OCH3 is 1. The highest BCUT2D eigenvalue weighted by Crippen LogP contribution is 2.25. The SMILES string of the molecule is CCCCCCC(O)c1ccc(F)c(OC)c1. The van der Waals surface area contributed by atoms with Crippen LogP contribution in [-0.2, 0) is 0 Å². The normalized spacial score (nSPS) is 12.5. The summed E-state index contributed by atoms with van der Waals surface area (Å²) < 4.78 is 18.1. The molecule has 17 heavy (non-hydrogen) atoms. The van der Waals surface area contributed by atoms with Gasteiger partial charge in [0.1, 0.15) is 0 Å². The summed E-state index contributed by atoms with van der Waals surface area (Å²) in [6.45, 7) is 2.15. The second kappa shape index (κ2) is 7.28. The third-order valence-electron chi connectivity index (χ3n) is 2.89. The average molecular weight is 240 g/mol. The van der Waals surface area contributed by atoms with Crippen molar-refractivity contribution in [1.29, 1.82) is 0 Å². The fourth-order valence-electron chi connectivity index (χ4n) is 1.81. The highest BCUT2D eigenvalue weighted by atomic mass is 19.1. The zero-order valence-electron chi connectivity index (χ0n) is 10.6. The molecule has 1 unspecified atom stereocenters. The summed E-state index contributed by atoms with van der Waals surface area (Å²) in [6, 6.07) is 4.52. The van der Waals surface area contributed by atoms with E-state index in [1.807, 2.05) is 0 Å². The second-order valence-electron chi connectivity index (χ2n) is 4.26. The molecule has 0 saturated heterocycles. The molecule has 0 radical (unpaired) electrons. The van der Waals surface area contributed by atoms with Crippen LogP contribution in [0, 0.1) is 5.82 Å². The van der Waals surface area contributed by atoms with Crippen molar-refractivity contribution in [2.24, 2.45) is 0 Å². The van der Waals surface area contributed by atoms with Crippen molar-refractivity contribution in [3.8, 4) is 5.75 Å². The number of hydrogen-bond donors (Lipinski definition) is 1. The lowest BCUT2D eigenvalue weighted by Crippen LogP contribution is -1.99. The molecule has 0 spiro atoms. The van der Waals surface area contributed by atoms with Gasteiger partial charge < -0.3 is 9.84 Å². The summed E-state index contributed by atoms with van der Waals surface area (Å²) in [7, 11) is 1.43. The smallest absolute Gasteiger partial charge is 0.165 e. The van der Waals surface area contributed by atoms with E-state index in [4.69, 9.17) is 4.74 Å². The summed E-state index contributed by atoms with van der Waals surface area (Å²) in [5, 5.41) is 9.95. The number of ether oxygens (including phenoxy) is 1. The maximum Gasteiger partial charge on any atom is 0.165 e. The molecule has 1 aromatic carbocycles. The Morgan fingerprint density at radius 3 is 2.71 bits per heavy atom. The number of unbranched alkanes of at least 4 members (excludes halogenated alkanes) is 3. The molecule has 0 aromatic heterocycles. The zero-order valence-corrected chi connectivity index (χ0v) is 10.6. The molecule has 0 saturated carbocycles. The molecule has 1 rings (SSSR count). The van der Waals surface area contributed by atoms with Gasteiger partial charge in [0.15, 0.2) is 11.6 Å². The topological polar surface area (TPSA) is 29.5 Å². The van der Waals surface area contributed by atoms with Crippen molar-refractivity contribution in [3.63, 3.8) is 0 Å². The van der Waals surface area contributed by atoms with E-state index in [0.717, 1.165) is 24.8 Å². The minimum absolute atomic E-state index is 0.190. The van der Waals surface area contributed by atoms with Gasteiger partial charge in [0, 0.05) is 0 Å². The standard InChI is InChI=1S/C14H21FO2/c1-3-4-5-6-7-13(16)11-8-9-12(15)14(10-11)17-2/h8-10,13,16H,3-7H2,1-2H3. The van der Waals surface area contributed by atoms with E-state index in [2.05, 4.69) is 6.92 Å². The van der Waals surface area contributed by atoms with E-state index in [0.29, 0.717) is 0 Å². The van der Waals surface area contributed by atoms with Crippen LogP contribution >= 0.6 is 0 Å². The van der Waals surface area contributed by atoms with Crippen molar-refractivity contribution in [1.82, 2.24) is 0 Å². The van der Waals surface area contributed by atoms with Crippen LogP contribution in [0.4, 0.5) is 4.39 Å². The molecule has 0 bridgehead atoms. The van der Waals surface area contributed by atoms with Crippen LogP contribution in [0.5, 0.6) is 5.75 Å². The van der Waals surface area contributed by atoms with E-state index in [9.17, 15) is 9.50 Å². The quantitative estimate of drug-likeness (QED) is 0.734. The van der Waals surface area contributed by atoms with Crippen molar-refractivity contribution >= 4 is 0 Å². The van der Waals surface area contributed by atoms with Crippen molar-refractivity contribution in [2.45, 2.75) is 45.1 Å². The number of benzene rings is 1. The van der Waals surface area contributed by atoms with Crippen molar-refractivity contribution < 1.29 is 14.2 Å². The number of hydrogen-bond acceptors (Lipinski definition) is 2. The van der Waals surface area contributed by atoms with E-state index >= 15 is 0 Å². The molecule has 1 atom stereocenters. The van der Waals surface area contributed by atoms with Gasteiger partial charge in [-0.15, -0.1) is 0 Å². The van der Waals surface area contributed by atoms with Gasteiger partial charge in [-0.05, 0) is 24.1 Å². The van der Waals surface area contributed by atoms with Crippen LogP contribution in [0.25, 0.3) is 0 Å². The van der Waals surface area contributed by atoms with Crippen LogP contribution in [0.3, 0.4) is 0 Å². The van der Waals surface area contributed by atoms with Crippen molar-refractivity contribution in [3.05, 3.63) is 29.6 Å². The number of aliphatic hydroxyl groups is 1. The molecule has 3 heteroatoms. The molecule has 1 aromatic rings. The summed E-state index contributed by atoms with van der Waals surface area (Å²) in [6.07, 6.45) is 4.69. The first kappa shape index (κ1) is 14.0. The molecule has 96 valence electrons. The first-order valence-electron chi connectivity index (χ1n) is 6.20. The molecule has 0 amide bonds. The zero-order chi connectivity index (χ0) is 12.7.